The van der Waals surface area contributed by atoms with E-state index in [2.05, 4.69) is 15.1 Å². The first kappa shape index (κ1) is 13.9. The maximum Gasteiger partial charge on any atom is 0.263 e. The highest BCUT2D eigenvalue weighted by Gasteiger charge is 2.32. The van der Waals surface area contributed by atoms with Crippen LogP contribution in [0.3, 0.4) is 0 Å². The fourth-order valence-electron chi connectivity index (χ4n) is 3.04. The first-order valence-corrected chi connectivity index (χ1v) is 7.26. The van der Waals surface area contributed by atoms with Crippen LogP contribution in [0.2, 0.25) is 0 Å². The second-order valence-electron chi connectivity index (χ2n) is 5.68. The molecule has 110 valence electrons. The fourth-order valence-corrected chi connectivity index (χ4v) is 3.04. The number of likely N-dealkylation sites (tertiary alicyclic amines) is 1. The summed E-state index contributed by atoms with van der Waals surface area (Å²) < 4.78 is 25.3. The number of nitrogens with one attached hydrogen (secondary N) is 1. The van der Waals surface area contributed by atoms with Crippen molar-refractivity contribution in [2.75, 3.05) is 39.3 Å². The highest BCUT2D eigenvalue weighted by Crippen LogP contribution is 2.22. The van der Waals surface area contributed by atoms with Crippen molar-refractivity contribution in [1.82, 2.24) is 15.1 Å². The molecule has 2 fully saturated rings. The predicted molar refractivity (Wildman–Crippen MR) is 74.9 cm³/mol. The molecule has 1 aromatic rings. The summed E-state index contributed by atoms with van der Waals surface area (Å²) in [5.74, 6) is 0. The minimum absolute atomic E-state index is 0.127. The van der Waals surface area contributed by atoms with E-state index < -0.39 is 6.43 Å². The maximum atomic E-state index is 12.7. The Morgan fingerprint density at radius 3 is 2.65 bits per heavy atom. The van der Waals surface area contributed by atoms with Crippen LogP contribution in [0.5, 0.6) is 0 Å². The summed E-state index contributed by atoms with van der Waals surface area (Å²) in [4.78, 5) is 4.86. The molecule has 0 aliphatic carbocycles. The van der Waals surface area contributed by atoms with Gasteiger partial charge in [-0.1, -0.05) is 18.2 Å². The Hall–Kier alpha value is -1.04. The van der Waals surface area contributed by atoms with Gasteiger partial charge >= 0.3 is 0 Å². The quantitative estimate of drug-likeness (QED) is 0.906. The van der Waals surface area contributed by atoms with Gasteiger partial charge in [-0.05, 0) is 11.6 Å². The van der Waals surface area contributed by atoms with Gasteiger partial charge in [0.1, 0.15) is 0 Å². The topological polar surface area (TPSA) is 18.5 Å². The van der Waals surface area contributed by atoms with Gasteiger partial charge in [-0.15, -0.1) is 0 Å². The smallest absolute Gasteiger partial charge is 0.263 e. The fraction of sp³-hybridized carbons (Fsp3) is 0.600. The van der Waals surface area contributed by atoms with Gasteiger partial charge in [-0.3, -0.25) is 9.80 Å². The van der Waals surface area contributed by atoms with Gasteiger partial charge in [0.05, 0.1) is 0 Å². The van der Waals surface area contributed by atoms with Crippen LogP contribution in [-0.4, -0.2) is 55.1 Å². The van der Waals surface area contributed by atoms with Gasteiger partial charge in [-0.2, -0.15) is 0 Å². The predicted octanol–water partition coefficient (Wildman–Crippen LogP) is 1.71. The Morgan fingerprint density at radius 2 is 1.95 bits per heavy atom. The molecule has 2 heterocycles. The summed E-state index contributed by atoms with van der Waals surface area (Å²) in [5, 5.41) is 3.36. The van der Waals surface area contributed by atoms with Gasteiger partial charge in [0.2, 0.25) is 0 Å². The van der Waals surface area contributed by atoms with Crippen LogP contribution in [-0.2, 0) is 6.54 Å². The molecular weight excluding hydrogens is 260 g/mol. The van der Waals surface area contributed by atoms with E-state index >= 15 is 0 Å². The minimum Gasteiger partial charge on any atom is -0.314 e. The summed E-state index contributed by atoms with van der Waals surface area (Å²) in [6.45, 7) is 7.29. The number of piperazine rings is 1. The van der Waals surface area contributed by atoms with Crippen molar-refractivity contribution in [2.45, 2.75) is 19.0 Å². The van der Waals surface area contributed by atoms with E-state index in [1.54, 1.807) is 12.1 Å². The van der Waals surface area contributed by atoms with Gasteiger partial charge < -0.3 is 5.32 Å². The second kappa shape index (κ2) is 6.16. The number of alkyl halides is 2. The molecule has 20 heavy (non-hydrogen) atoms. The third kappa shape index (κ3) is 3.16. The SMILES string of the molecule is FC(F)c1cccc(CN2CC(N3CCNCC3)C2)c1. The number of hydrogen-bond acceptors (Lipinski definition) is 3. The largest absolute Gasteiger partial charge is 0.314 e. The first-order chi connectivity index (χ1) is 9.72. The van der Waals surface area contributed by atoms with Crippen molar-refractivity contribution in [3.05, 3.63) is 35.4 Å². The van der Waals surface area contributed by atoms with E-state index in [0.29, 0.717) is 6.04 Å². The Kier molecular flexibility index (Phi) is 4.29. The van der Waals surface area contributed by atoms with Crippen LogP contribution in [0.25, 0.3) is 0 Å². The lowest BCUT2D eigenvalue weighted by atomic mass is 10.0. The van der Waals surface area contributed by atoms with Crippen LogP contribution in [0.4, 0.5) is 8.78 Å². The number of nitrogens with zero attached hydrogens (tertiary/aromatic N) is 2. The third-order valence-electron chi connectivity index (χ3n) is 4.22. The van der Waals surface area contributed by atoms with Gasteiger partial charge in [0, 0.05) is 57.4 Å². The summed E-state index contributed by atoms with van der Waals surface area (Å²) >= 11 is 0. The molecule has 0 bridgehead atoms. The second-order valence-corrected chi connectivity index (χ2v) is 5.68. The average Bonchev–Trinajstić information content (AvgIpc) is 2.43. The highest BCUT2D eigenvalue weighted by atomic mass is 19.3. The molecule has 0 atom stereocenters. The van der Waals surface area contributed by atoms with E-state index in [0.717, 1.165) is 51.4 Å². The van der Waals surface area contributed by atoms with Crippen LogP contribution in [0.1, 0.15) is 17.6 Å². The lowest BCUT2D eigenvalue weighted by Gasteiger charge is -2.47. The molecule has 1 aromatic carbocycles. The highest BCUT2D eigenvalue weighted by molar-refractivity contribution is 5.24. The molecule has 0 amide bonds. The van der Waals surface area contributed by atoms with E-state index in [1.807, 2.05) is 6.07 Å². The molecule has 1 N–H and O–H groups in total. The molecule has 0 saturated carbocycles. The van der Waals surface area contributed by atoms with Crippen molar-refractivity contribution in [3.8, 4) is 0 Å². The normalized spacial score (nSPS) is 22.1. The Labute approximate surface area is 118 Å². The summed E-state index contributed by atoms with van der Waals surface area (Å²) in [5.41, 5.74) is 1.11. The summed E-state index contributed by atoms with van der Waals surface area (Å²) in [6, 6.07) is 7.43. The van der Waals surface area contributed by atoms with Crippen molar-refractivity contribution >= 4 is 0 Å². The standard InChI is InChI=1S/C15H21F2N3/c16-15(17)13-3-1-2-12(8-13)9-19-10-14(11-19)20-6-4-18-5-7-20/h1-3,8,14-15,18H,4-7,9-11H2. The molecule has 2 saturated heterocycles. The minimum atomic E-state index is -2.38. The summed E-state index contributed by atoms with van der Waals surface area (Å²) in [6.07, 6.45) is -2.38. The number of rotatable bonds is 4. The summed E-state index contributed by atoms with van der Waals surface area (Å²) in [7, 11) is 0. The number of hydrogen-bond donors (Lipinski definition) is 1. The monoisotopic (exact) mass is 281 g/mol. The van der Waals surface area contributed by atoms with Crippen LogP contribution in [0, 0.1) is 0 Å². The van der Waals surface area contributed by atoms with Crippen LogP contribution < -0.4 is 5.32 Å². The molecule has 3 rings (SSSR count). The molecule has 2 aliphatic rings. The van der Waals surface area contributed by atoms with Gasteiger partial charge in [0.25, 0.3) is 6.43 Å². The molecular formula is C15H21F2N3. The first-order valence-electron chi connectivity index (χ1n) is 7.26. The Bertz CT molecular complexity index is 440. The van der Waals surface area contributed by atoms with Gasteiger partial charge in [0.15, 0.2) is 0 Å². The number of halogens is 2. The molecule has 0 aromatic heterocycles. The molecule has 0 radical (unpaired) electrons. The third-order valence-corrected chi connectivity index (χ3v) is 4.22. The number of benzene rings is 1. The van der Waals surface area contributed by atoms with E-state index in [1.165, 1.54) is 6.07 Å². The zero-order valence-electron chi connectivity index (χ0n) is 11.6. The van der Waals surface area contributed by atoms with E-state index in [-0.39, 0.29) is 5.56 Å². The zero-order chi connectivity index (χ0) is 13.9. The maximum absolute atomic E-state index is 12.7. The lowest BCUT2D eigenvalue weighted by Crippen LogP contribution is -2.62. The Morgan fingerprint density at radius 1 is 1.20 bits per heavy atom. The Balaban J connectivity index is 1.49. The van der Waals surface area contributed by atoms with E-state index in [9.17, 15) is 8.78 Å². The zero-order valence-corrected chi connectivity index (χ0v) is 11.6. The lowest BCUT2D eigenvalue weighted by molar-refractivity contribution is 0.0222. The van der Waals surface area contributed by atoms with Crippen molar-refractivity contribution in [2.24, 2.45) is 0 Å². The van der Waals surface area contributed by atoms with Crippen molar-refractivity contribution < 1.29 is 8.78 Å². The van der Waals surface area contributed by atoms with Crippen molar-refractivity contribution in [1.29, 1.82) is 0 Å². The van der Waals surface area contributed by atoms with E-state index in [4.69, 9.17) is 0 Å². The molecule has 5 heteroatoms. The molecule has 3 nitrogen and oxygen atoms in total. The molecule has 0 spiro atoms. The van der Waals surface area contributed by atoms with Crippen molar-refractivity contribution in [3.63, 3.8) is 0 Å². The average molecular weight is 281 g/mol. The van der Waals surface area contributed by atoms with Crippen LogP contribution >= 0.6 is 0 Å². The molecule has 2 aliphatic heterocycles. The molecule has 0 unspecified atom stereocenters. The van der Waals surface area contributed by atoms with Crippen LogP contribution in [0.15, 0.2) is 24.3 Å². The van der Waals surface area contributed by atoms with Gasteiger partial charge in [-0.25, -0.2) is 8.78 Å².